The average Bonchev–Trinajstić information content (AvgIpc) is 2.92. The molecule has 0 fully saturated rings. The van der Waals surface area contributed by atoms with Crippen molar-refractivity contribution >= 4 is 16.8 Å². The molecule has 3 rings (SSSR count). The number of nitriles is 1. The van der Waals surface area contributed by atoms with E-state index in [9.17, 15) is 10.1 Å². The fourth-order valence-electron chi connectivity index (χ4n) is 2.57. The second-order valence-electron chi connectivity index (χ2n) is 5.65. The predicted octanol–water partition coefficient (Wildman–Crippen LogP) is 3.14. The number of imidazole rings is 1. The van der Waals surface area contributed by atoms with Crippen LogP contribution in [-0.2, 0) is 11.8 Å². The van der Waals surface area contributed by atoms with Crippen LogP contribution in [0.15, 0.2) is 48.5 Å². The number of fused-ring (bicyclic) bond motifs is 1. The van der Waals surface area contributed by atoms with Crippen molar-refractivity contribution in [2.24, 2.45) is 7.05 Å². The van der Waals surface area contributed by atoms with Gasteiger partial charge >= 0.3 is 0 Å². The number of rotatable bonds is 5. The van der Waals surface area contributed by atoms with Gasteiger partial charge in [-0.25, -0.2) is 4.98 Å². The molecule has 1 aromatic heterocycles. The molecular formula is C19H17N3O2. The summed E-state index contributed by atoms with van der Waals surface area (Å²) in [7, 11) is 1.81. The Hall–Kier alpha value is -3.13. The van der Waals surface area contributed by atoms with Crippen molar-refractivity contribution in [1.82, 2.24) is 9.55 Å². The maximum atomic E-state index is 12.4. The molecule has 0 radical (unpaired) electrons. The normalized spacial score (nSPS) is 11.9. The highest BCUT2D eigenvalue weighted by Gasteiger charge is 2.26. The summed E-state index contributed by atoms with van der Waals surface area (Å²) in [5.74, 6) is -0.212. The molecule has 0 aliphatic rings. The Bertz CT molecular complexity index is 920. The Morgan fingerprint density at radius 3 is 2.62 bits per heavy atom. The van der Waals surface area contributed by atoms with E-state index in [1.165, 1.54) is 0 Å². The van der Waals surface area contributed by atoms with E-state index in [2.05, 4.69) is 11.1 Å². The van der Waals surface area contributed by atoms with Crippen LogP contribution in [0.4, 0.5) is 0 Å². The van der Waals surface area contributed by atoms with Gasteiger partial charge in [-0.1, -0.05) is 29.8 Å². The first-order chi connectivity index (χ1) is 11.6. The van der Waals surface area contributed by atoms with E-state index in [1.807, 2.05) is 50.4 Å². The standard InChI is InChI=1S/C19H17N3O2/c1-13-7-9-14(10-8-13)24-12-18(23)15(11-20)19-21-16-5-3-4-6-17(16)22(19)2/h3-10,15H,12H2,1-2H3. The molecule has 0 amide bonds. The average molecular weight is 319 g/mol. The van der Waals surface area contributed by atoms with E-state index >= 15 is 0 Å². The molecule has 5 nitrogen and oxygen atoms in total. The lowest BCUT2D eigenvalue weighted by Gasteiger charge is -2.10. The Kier molecular flexibility index (Phi) is 4.30. The monoisotopic (exact) mass is 319 g/mol. The van der Waals surface area contributed by atoms with Crippen molar-refractivity contribution in [3.8, 4) is 11.8 Å². The summed E-state index contributed by atoms with van der Waals surface area (Å²) >= 11 is 0. The van der Waals surface area contributed by atoms with Gasteiger partial charge in [0.2, 0.25) is 0 Å². The molecule has 0 saturated heterocycles. The number of hydrogen-bond acceptors (Lipinski definition) is 4. The van der Waals surface area contributed by atoms with Gasteiger partial charge in [0.1, 0.15) is 18.2 Å². The molecule has 3 aromatic rings. The second-order valence-corrected chi connectivity index (χ2v) is 5.65. The zero-order valence-electron chi connectivity index (χ0n) is 13.6. The SMILES string of the molecule is Cc1ccc(OCC(=O)C(C#N)c2nc3ccccc3n2C)cc1. The number of hydrogen-bond donors (Lipinski definition) is 0. The lowest BCUT2D eigenvalue weighted by molar-refractivity contribution is -0.121. The number of ketones is 1. The minimum absolute atomic E-state index is 0.162. The fourth-order valence-corrected chi connectivity index (χ4v) is 2.57. The van der Waals surface area contributed by atoms with Gasteiger partial charge < -0.3 is 9.30 Å². The molecule has 0 N–H and O–H groups in total. The maximum Gasteiger partial charge on any atom is 0.194 e. The first-order valence-corrected chi connectivity index (χ1v) is 7.63. The third-order valence-electron chi connectivity index (χ3n) is 3.93. The molecule has 0 saturated carbocycles. The third kappa shape index (κ3) is 2.99. The van der Waals surface area contributed by atoms with E-state index in [-0.39, 0.29) is 12.4 Å². The van der Waals surface area contributed by atoms with Crippen molar-refractivity contribution in [1.29, 1.82) is 5.26 Å². The minimum atomic E-state index is -0.951. The van der Waals surface area contributed by atoms with Crippen molar-refractivity contribution in [3.05, 3.63) is 59.9 Å². The first-order valence-electron chi connectivity index (χ1n) is 7.63. The molecule has 0 aliphatic carbocycles. The van der Waals surface area contributed by atoms with Gasteiger partial charge in [-0.15, -0.1) is 0 Å². The summed E-state index contributed by atoms with van der Waals surface area (Å²) < 4.78 is 7.29. The quantitative estimate of drug-likeness (QED) is 0.724. The smallest absolute Gasteiger partial charge is 0.194 e. The van der Waals surface area contributed by atoms with Gasteiger partial charge in [-0.05, 0) is 31.2 Å². The van der Waals surface area contributed by atoms with E-state index in [4.69, 9.17) is 4.74 Å². The first kappa shape index (κ1) is 15.8. The Morgan fingerprint density at radius 2 is 1.96 bits per heavy atom. The number of Topliss-reactive ketones (excluding diaryl/α,β-unsaturated/α-hetero) is 1. The summed E-state index contributed by atoms with van der Waals surface area (Å²) in [5, 5.41) is 9.45. The van der Waals surface area contributed by atoms with Crippen molar-refractivity contribution in [2.75, 3.05) is 6.61 Å². The zero-order chi connectivity index (χ0) is 17.1. The maximum absolute atomic E-state index is 12.4. The van der Waals surface area contributed by atoms with Gasteiger partial charge in [0.15, 0.2) is 11.7 Å². The van der Waals surface area contributed by atoms with Crippen molar-refractivity contribution in [3.63, 3.8) is 0 Å². The lowest BCUT2D eigenvalue weighted by atomic mass is 10.1. The van der Waals surface area contributed by atoms with Gasteiger partial charge in [0.25, 0.3) is 0 Å². The number of carbonyl (C=O) groups excluding carboxylic acids is 1. The second kappa shape index (κ2) is 6.55. The molecule has 1 heterocycles. The molecule has 1 atom stereocenters. The van der Waals surface area contributed by atoms with Gasteiger partial charge in [0, 0.05) is 7.05 Å². The van der Waals surface area contributed by atoms with Crippen molar-refractivity contribution in [2.45, 2.75) is 12.8 Å². The Labute approximate surface area is 140 Å². The lowest BCUT2D eigenvalue weighted by Crippen LogP contribution is -2.21. The molecule has 5 heteroatoms. The molecule has 1 unspecified atom stereocenters. The van der Waals surface area contributed by atoms with Crippen LogP contribution < -0.4 is 4.74 Å². The molecule has 120 valence electrons. The van der Waals surface area contributed by atoms with Crippen LogP contribution in [0.2, 0.25) is 0 Å². The van der Waals surface area contributed by atoms with Crippen LogP contribution in [0.25, 0.3) is 11.0 Å². The highest BCUT2D eigenvalue weighted by Crippen LogP contribution is 2.22. The molecule has 0 aliphatic heterocycles. The Morgan fingerprint density at radius 1 is 1.25 bits per heavy atom. The molecule has 2 aromatic carbocycles. The molecule has 0 bridgehead atoms. The van der Waals surface area contributed by atoms with Crippen LogP contribution in [-0.4, -0.2) is 21.9 Å². The largest absolute Gasteiger partial charge is 0.486 e. The third-order valence-corrected chi connectivity index (χ3v) is 3.93. The van der Waals surface area contributed by atoms with Crippen LogP contribution in [0.5, 0.6) is 5.75 Å². The number of benzene rings is 2. The number of nitrogens with zero attached hydrogens (tertiary/aromatic N) is 3. The number of ether oxygens (including phenoxy) is 1. The van der Waals surface area contributed by atoms with E-state index < -0.39 is 5.92 Å². The number of aryl methyl sites for hydroxylation is 2. The zero-order valence-corrected chi connectivity index (χ0v) is 13.6. The van der Waals surface area contributed by atoms with Gasteiger partial charge in [-0.3, -0.25) is 4.79 Å². The summed E-state index contributed by atoms with van der Waals surface area (Å²) in [5.41, 5.74) is 2.77. The highest BCUT2D eigenvalue weighted by atomic mass is 16.5. The topological polar surface area (TPSA) is 67.9 Å². The van der Waals surface area contributed by atoms with E-state index in [1.54, 1.807) is 16.7 Å². The summed E-state index contributed by atoms with van der Waals surface area (Å²) in [6.07, 6.45) is 0. The highest BCUT2D eigenvalue weighted by molar-refractivity contribution is 5.90. The summed E-state index contributed by atoms with van der Waals surface area (Å²) in [6, 6.07) is 17.0. The number of carbonyl (C=O) groups is 1. The van der Waals surface area contributed by atoms with E-state index in [0.29, 0.717) is 11.6 Å². The fraction of sp³-hybridized carbons (Fsp3) is 0.211. The van der Waals surface area contributed by atoms with Crippen LogP contribution in [0.3, 0.4) is 0 Å². The minimum Gasteiger partial charge on any atom is -0.486 e. The molecule has 24 heavy (non-hydrogen) atoms. The molecular weight excluding hydrogens is 302 g/mol. The predicted molar refractivity (Wildman–Crippen MR) is 90.7 cm³/mol. The summed E-state index contributed by atoms with van der Waals surface area (Å²) in [4.78, 5) is 16.9. The Balaban J connectivity index is 1.80. The van der Waals surface area contributed by atoms with Crippen LogP contribution in [0.1, 0.15) is 17.3 Å². The van der Waals surface area contributed by atoms with Gasteiger partial charge in [-0.2, -0.15) is 5.26 Å². The number of aromatic nitrogens is 2. The van der Waals surface area contributed by atoms with E-state index in [0.717, 1.165) is 16.6 Å². The van der Waals surface area contributed by atoms with Gasteiger partial charge in [0.05, 0.1) is 17.1 Å². The summed E-state index contributed by atoms with van der Waals surface area (Å²) in [6.45, 7) is 1.82. The van der Waals surface area contributed by atoms with Crippen molar-refractivity contribution < 1.29 is 9.53 Å². The number of para-hydroxylation sites is 2. The van der Waals surface area contributed by atoms with Crippen LogP contribution >= 0.6 is 0 Å². The molecule has 0 spiro atoms. The van der Waals surface area contributed by atoms with Crippen LogP contribution in [0, 0.1) is 18.3 Å².